The Hall–Kier alpha value is -4.30. The second-order valence-corrected chi connectivity index (χ2v) is 9.56. The van der Waals surface area contributed by atoms with Gasteiger partial charge in [-0.25, -0.2) is 9.98 Å². The number of ether oxygens (including phenoxy) is 1. The van der Waals surface area contributed by atoms with Crippen LogP contribution in [0.4, 0.5) is 29.9 Å². The highest BCUT2D eigenvalue weighted by Crippen LogP contribution is 2.36. The minimum atomic E-state index is -4.57. The standard InChI is InChI=1S/C25H20F3N7O3S/c26-25(27,28)15-12-17(35-7-9-37-10-8-35)19(29-13-15)22-33-34-24(38-22)31-20-21(36)32-23-16(6-11-39-23)18(30-20)14-4-2-1-3-5-14/h1-6,11-13,20H,7-10H2,(H,31,34)(H,32,36). The van der Waals surface area contributed by atoms with Gasteiger partial charge in [-0.3, -0.25) is 4.79 Å². The van der Waals surface area contributed by atoms with E-state index < -0.39 is 23.8 Å². The molecule has 0 aliphatic carbocycles. The molecule has 6 rings (SSSR count). The first-order valence-corrected chi connectivity index (χ1v) is 12.8. The van der Waals surface area contributed by atoms with Crippen molar-refractivity contribution in [1.82, 2.24) is 15.2 Å². The average molecular weight is 556 g/mol. The Kier molecular flexibility index (Phi) is 6.48. The third kappa shape index (κ3) is 5.07. The molecule has 2 N–H and O–H groups in total. The molecule has 1 amide bonds. The second kappa shape index (κ2) is 10.1. The van der Waals surface area contributed by atoms with Crippen molar-refractivity contribution in [3.8, 4) is 11.6 Å². The van der Waals surface area contributed by atoms with Crippen LogP contribution in [-0.2, 0) is 15.7 Å². The molecular weight excluding hydrogens is 535 g/mol. The van der Waals surface area contributed by atoms with E-state index in [-0.39, 0.29) is 23.3 Å². The number of aromatic nitrogens is 3. The molecule has 0 radical (unpaired) electrons. The SMILES string of the molecule is O=C1Nc2sccc2C(c2ccccc2)=NC1Nc1nnc(-c2ncc(C(F)(F)F)cc2N2CCOCC2)o1. The number of carbonyl (C=O) groups excluding carboxylic acids is 1. The van der Waals surface area contributed by atoms with Gasteiger partial charge in [0.15, 0.2) is 5.69 Å². The number of rotatable bonds is 5. The highest BCUT2D eigenvalue weighted by atomic mass is 32.1. The number of thiophene rings is 1. The first-order valence-electron chi connectivity index (χ1n) is 11.9. The Morgan fingerprint density at radius 1 is 1.10 bits per heavy atom. The Balaban J connectivity index is 1.33. The average Bonchev–Trinajstić information content (AvgIpc) is 3.58. The minimum absolute atomic E-state index is 0.0893. The molecule has 1 fully saturated rings. The maximum Gasteiger partial charge on any atom is 0.417 e. The van der Waals surface area contributed by atoms with Crippen LogP contribution < -0.4 is 15.5 Å². The molecule has 0 saturated carbocycles. The van der Waals surface area contributed by atoms with Gasteiger partial charge in [0.25, 0.3) is 11.8 Å². The fraction of sp³-hybridized carbons (Fsp3) is 0.240. The monoisotopic (exact) mass is 555 g/mol. The number of fused-ring (bicyclic) bond motifs is 1. The lowest BCUT2D eigenvalue weighted by molar-refractivity contribution is -0.137. The first kappa shape index (κ1) is 25.0. The number of hydrogen-bond acceptors (Lipinski definition) is 10. The number of pyridine rings is 1. The van der Waals surface area contributed by atoms with Crippen LogP contribution in [-0.4, -0.2) is 59.3 Å². The van der Waals surface area contributed by atoms with Crippen molar-refractivity contribution in [3.05, 3.63) is 70.7 Å². The van der Waals surface area contributed by atoms with Gasteiger partial charge in [0.1, 0.15) is 5.00 Å². The van der Waals surface area contributed by atoms with Crippen LogP contribution in [0.2, 0.25) is 0 Å². The quantitative estimate of drug-likeness (QED) is 0.375. The first-order chi connectivity index (χ1) is 18.9. The molecule has 2 aliphatic rings. The number of nitrogens with one attached hydrogen (secondary N) is 2. The summed E-state index contributed by atoms with van der Waals surface area (Å²) < 4.78 is 51.4. The number of aliphatic imine (C=N–C) groups is 1. The molecule has 3 aromatic heterocycles. The van der Waals surface area contributed by atoms with E-state index in [0.717, 1.165) is 23.4 Å². The lowest BCUT2D eigenvalue weighted by Gasteiger charge is -2.30. The lowest BCUT2D eigenvalue weighted by atomic mass is 10.0. The van der Waals surface area contributed by atoms with Crippen molar-refractivity contribution in [2.75, 3.05) is 41.8 Å². The highest BCUT2D eigenvalue weighted by molar-refractivity contribution is 7.14. The smallest absolute Gasteiger partial charge is 0.402 e. The van der Waals surface area contributed by atoms with Crippen molar-refractivity contribution in [1.29, 1.82) is 0 Å². The van der Waals surface area contributed by atoms with Gasteiger partial charge in [-0.1, -0.05) is 35.4 Å². The van der Waals surface area contributed by atoms with E-state index >= 15 is 0 Å². The number of carbonyl (C=O) groups is 1. The zero-order valence-corrected chi connectivity index (χ0v) is 20.9. The zero-order chi connectivity index (χ0) is 27.0. The predicted molar refractivity (Wildman–Crippen MR) is 138 cm³/mol. The largest absolute Gasteiger partial charge is 0.417 e. The van der Waals surface area contributed by atoms with E-state index in [9.17, 15) is 18.0 Å². The Morgan fingerprint density at radius 2 is 1.90 bits per heavy atom. The molecule has 1 saturated heterocycles. The van der Waals surface area contributed by atoms with Crippen LogP contribution in [0, 0.1) is 0 Å². The van der Waals surface area contributed by atoms with E-state index in [1.54, 1.807) is 4.90 Å². The molecule has 0 bridgehead atoms. The van der Waals surface area contributed by atoms with Crippen molar-refractivity contribution < 1.29 is 27.1 Å². The second-order valence-electron chi connectivity index (χ2n) is 8.64. The fourth-order valence-corrected chi connectivity index (χ4v) is 5.06. The van der Waals surface area contributed by atoms with E-state index in [1.807, 2.05) is 41.8 Å². The van der Waals surface area contributed by atoms with Crippen LogP contribution in [0.1, 0.15) is 16.7 Å². The number of benzene rings is 1. The van der Waals surface area contributed by atoms with Crippen molar-refractivity contribution in [2.45, 2.75) is 12.3 Å². The molecular formula is C25H20F3N7O3S. The lowest BCUT2D eigenvalue weighted by Crippen LogP contribution is -2.36. The summed E-state index contributed by atoms with van der Waals surface area (Å²) in [5.41, 5.74) is 1.59. The molecule has 1 unspecified atom stereocenters. The van der Waals surface area contributed by atoms with E-state index in [1.165, 1.54) is 11.3 Å². The molecule has 39 heavy (non-hydrogen) atoms. The highest BCUT2D eigenvalue weighted by Gasteiger charge is 2.34. The van der Waals surface area contributed by atoms with E-state index in [0.29, 0.717) is 37.0 Å². The zero-order valence-electron chi connectivity index (χ0n) is 20.1. The molecule has 4 aromatic rings. The van der Waals surface area contributed by atoms with Gasteiger partial charge in [0.2, 0.25) is 6.17 Å². The number of halogens is 3. The fourth-order valence-electron chi connectivity index (χ4n) is 4.27. The number of nitrogens with zero attached hydrogens (tertiary/aromatic N) is 5. The number of amides is 1. The predicted octanol–water partition coefficient (Wildman–Crippen LogP) is 4.28. The topological polar surface area (TPSA) is 118 Å². The molecule has 14 heteroatoms. The summed E-state index contributed by atoms with van der Waals surface area (Å²) in [6, 6.07) is 12.2. The minimum Gasteiger partial charge on any atom is -0.402 e. The Labute approximate surface area is 223 Å². The van der Waals surface area contributed by atoms with Crippen LogP contribution in [0.5, 0.6) is 0 Å². The maximum absolute atomic E-state index is 13.4. The molecule has 0 spiro atoms. The van der Waals surface area contributed by atoms with Gasteiger partial charge in [0.05, 0.1) is 30.2 Å². The number of hydrogen-bond donors (Lipinski definition) is 2. The number of anilines is 3. The summed E-state index contributed by atoms with van der Waals surface area (Å²) in [7, 11) is 0. The van der Waals surface area contributed by atoms with E-state index in [4.69, 9.17) is 9.15 Å². The molecule has 200 valence electrons. The van der Waals surface area contributed by atoms with Crippen molar-refractivity contribution in [2.24, 2.45) is 4.99 Å². The van der Waals surface area contributed by atoms with Gasteiger partial charge < -0.3 is 24.7 Å². The summed E-state index contributed by atoms with van der Waals surface area (Å²) in [5, 5.41) is 16.2. The van der Waals surface area contributed by atoms with Crippen LogP contribution in [0.3, 0.4) is 0 Å². The third-order valence-electron chi connectivity index (χ3n) is 6.15. The van der Waals surface area contributed by atoms with Gasteiger partial charge >= 0.3 is 12.2 Å². The molecule has 1 atom stereocenters. The Morgan fingerprint density at radius 3 is 2.67 bits per heavy atom. The van der Waals surface area contributed by atoms with Crippen molar-refractivity contribution in [3.63, 3.8) is 0 Å². The van der Waals surface area contributed by atoms with Gasteiger partial charge in [-0.15, -0.1) is 16.4 Å². The molecule has 1 aromatic carbocycles. The van der Waals surface area contributed by atoms with Crippen molar-refractivity contribution >= 4 is 39.7 Å². The normalized spacial score (nSPS) is 17.7. The summed E-state index contributed by atoms with van der Waals surface area (Å²) in [4.78, 5) is 23.4. The summed E-state index contributed by atoms with van der Waals surface area (Å²) in [6.45, 7) is 1.46. The van der Waals surface area contributed by atoms with Gasteiger partial charge in [0, 0.05) is 30.4 Å². The number of morpholine rings is 1. The number of alkyl halides is 3. The Bertz CT molecular complexity index is 1530. The molecule has 2 aliphatic heterocycles. The summed E-state index contributed by atoms with van der Waals surface area (Å²) in [5.74, 6) is -0.542. The van der Waals surface area contributed by atoms with Gasteiger partial charge in [-0.05, 0) is 17.5 Å². The molecule has 5 heterocycles. The van der Waals surface area contributed by atoms with E-state index in [2.05, 4.69) is 30.8 Å². The van der Waals surface area contributed by atoms with Crippen LogP contribution >= 0.6 is 11.3 Å². The summed E-state index contributed by atoms with van der Waals surface area (Å²) in [6.07, 6.45) is -4.96. The van der Waals surface area contributed by atoms with Crippen LogP contribution in [0.25, 0.3) is 11.6 Å². The maximum atomic E-state index is 13.4. The van der Waals surface area contributed by atoms with Gasteiger partial charge in [-0.2, -0.15) is 13.2 Å². The summed E-state index contributed by atoms with van der Waals surface area (Å²) >= 11 is 1.37. The third-order valence-corrected chi connectivity index (χ3v) is 6.98. The van der Waals surface area contributed by atoms with Crippen LogP contribution in [0.15, 0.2) is 63.5 Å². The molecule has 10 nitrogen and oxygen atoms in total.